The van der Waals surface area contributed by atoms with Gasteiger partial charge in [0.1, 0.15) is 6.04 Å². The van der Waals surface area contributed by atoms with E-state index in [4.69, 9.17) is 4.52 Å². The van der Waals surface area contributed by atoms with Gasteiger partial charge in [-0.1, -0.05) is 5.16 Å². The highest BCUT2D eigenvalue weighted by Gasteiger charge is 2.36. The Kier molecular flexibility index (Phi) is 3.14. The molecule has 2 aliphatic rings. The smallest absolute Gasteiger partial charge is 0.323 e. The minimum Gasteiger partial charge on any atom is -0.337 e. The van der Waals surface area contributed by atoms with Crippen LogP contribution in [0.15, 0.2) is 22.0 Å². The lowest BCUT2D eigenvalue weighted by Crippen LogP contribution is -2.34. The van der Waals surface area contributed by atoms with Gasteiger partial charge in [0.2, 0.25) is 5.89 Å². The molecule has 1 saturated carbocycles. The van der Waals surface area contributed by atoms with Crippen molar-refractivity contribution in [1.82, 2.24) is 15.0 Å². The van der Waals surface area contributed by atoms with Crippen LogP contribution in [0.2, 0.25) is 0 Å². The molecule has 21 heavy (non-hydrogen) atoms. The number of nitrogens with zero attached hydrogens (tertiary/aromatic N) is 3. The Bertz CT molecular complexity index is 635. The zero-order valence-electron chi connectivity index (χ0n) is 11.5. The van der Waals surface area contributed by atoms with Gasteiger partial charge in [0.25, 0.3) is 0 Å². The number of nitrogens with one attached hydrogen (secondary N) is 1. The highest BCUT2D eigenvalue weighted by Crippen LogP contribution is 2.39. The van der Waals surface area contributed by atoms with Crippen molar-refractivity contribution in [3.63, 3.8) is 0 Å². The van der Waals surface area contributed by atoms with Gasteiger partial charge in [0, 0.05) is 12.5 Å². The maximum Gasteiger partial charge on any atom is 0.323 e. The summed E-state index contributed by atoms with van der Waals surface area (Å²) in [6.07, 6.45) is 4.13. The minimum atomic E-state index is -0.0926. The van der Waals surface area contributed by atoms with Gasteiger partial charge >= 0.3 is 6.03 Å². The Balaban J connectivity index is 1.49. The molecule has 1 aliphatic carbocycles. The van der Waals surface area contributed by atoms with Gasteiger partial charge < -0.3 is 9.42 Å². The maximum atomic E-state index is 12.4. The molecule has 3 heterocycles. The van der Waals surface area contributed by atoms with Crippen molar-refractivity contribution in [2.75, 3.05) is 11.9 Å². The molecule has 0 bridgehead atoms. The highest BCUT2D eigenvalue weighted by molar-refractivity contribution is 7.14. The van der Waals surface area contributed by atoms with E-state index in [0.717, 1.165) is 43.1 Å². The second-order valence-corrected chi connectivity index (χ2v) is 6.47. The van der Waals surface area contributed by atoms with E-state index in [1.165, 1.54) is 11.3 Å². The van der Waals surface area contributed by atoms with Crippen LogP contribution in [-0.2, 0) is 0 Å². The zero-order chi connectivity index (χ0) is 14.2. The third-order valence-electron chi connectivity index (χ3n) is 3.95. The topological polar surface area (TPSA) is 71.3 Å². The molecule has 1 aliphatic heterocycles. The molecule has 7 heteroatoms. The van der Waals surface area contributed by atoms with E-state index >= 15 is 0 Å². The molecule has 0 radical (unpaired) electrons. The van der Waals surface area contributed by atoms with Gasteiger partial charge in [-0.05, 0) is 43.2 Å². The second kappa shape index (κ2) is 5.14. The Labute approximate surface area is 126 Å². The van der Waals surface area contributed by atoms with Crippen LogP contribution in [0, 0.1) is 0 Å². The first-order chi connectivity index (χ1) is 10.3. The van der Waals surface area contributed by atoms with Gasteiger partial charge in [-0.15, -0.1) is 11.3 Å². The number of thiophene rings is 1. The summed E-state index contributed by atoms with van der Waals surface area (Å²) in [5.41, 5.74) is 0. The summed E-state index contributed by atoms with van der Waals surface area (Å²) in [6.45, 7) is 0.725. The number of urea groups is 1. The maximum absolute atomic E-state index is 12.4. The fourth-order valence-electron chi connectivity index (χ4n) is 2.68. The molecule has 1 unspecified atom stereocenters. The number of rotatable bonds is 3. The summed E-state index contributed by atoms with van der Waals surface area (Å²) in [4.78, 5) is 18.7. The number of amides is 2. The van der Waals surface area contributed by atoms with Crippen LogP contribution in [-0.4, -0.2) is 27.6 Å². The molecular weight excluding hydrogens is 288 g/mol. The van der Waals surface area contributed by atoms with Crippen molar-refractivity contribution < 1.29 is 9.32 Å². The van der Waals surface area contributed by atoms with Crippen LogP contribution >= 0.6 is 11.3 Å². The fourth-order valence-corrected chi connectivity index (χ4v) is 3.29. The number of aromatic nitrogens is 2. The minimum absolute atomic E-state index is 0.0916. The molecule has 2 fully saturated rings. The molecular formula is C14H16N4O2S. The SMILES string of the molecule is O=C(Nc1cccs1)N1CCCC1c1nc(C2CC2)no1. The van der Waals surface area contributed by atoms with Gasteiger partial charge in [-0.2, -0.15) is 4.98 Å². The quantitative estimate of drug-likeness (QED) is 0.943. The first kappa shape index (κ1) is 12.8. The number of likely N-dealkylation sites (tertiary alicyclic amines) is 1. The third-order valence-corrected chi connectivity index (χ3v) is 4.74. The average molecular weight is 304 g/mol. The van der Waals surface area contributed by atoms with E-state index in [1.807, 2.05) is 17.5 Å². The van der Waals surface area contributed by atoms with Gasteiger partial charge in [0.05, 0.1) is 5.00 Å². The molecule has 2 aromatic heterocycles. The molecule has 110 valence electrons. The van der Waals surface area contributed by atoms with Crippen LogP contribution in [0.3, 0.4) is 0 Å². The predicted octanol–water partition coefficient (Wildman–Crippen LogP) is 3.38. The monoisotopic (exact) mass is 304 g/mol. The molecule has 2 aromatic rings. The van der Waals surface area contributed by atoms with Gasteiger partial charge in [-0.25, -0.2) is 4.79 Å². The fraction of sp³-hybridized carbons (Fsp3) is 0.500. The summed E-state index contributed by atoms with van der Waals surface area (Å²) < 4.78 is 5.39. The van der Waals surface area contributed by atoms with E-state index in [-0.39, 0.29) is 12.1 Å². The lowest BCUT2D eigenvalue weighted by Gasteiger charge is -2.21. The van der Waals surface area contributed by atoms with Crippen molar-refractivity contribution in [3.8, 4) is 0 Å². The summed E-state index contributed by atoms with van der Waals surface area (Å²) in [5.74, 6) is 1.85. The third kappa shape index (κ3) is 2.53. The van der Waals surface area contributed by atoms with Crippen molar-refractivity contribution in [2.45, 2.75) is 37.6 Å². The summed E-state index contributed by atoms with van der Waals surface area (Å²) in [7, 11) is 0. The molecule has 6 nitrogen and oxygen atoms in total. The number of anilines is 1. The predicted molar refractivity (Wildman–Crippen MR) is 78.3 cm³/mol. The van der Waals surface area contributed by atoms with Crippen LogP contribution in [0.5, 0.6) is 0 Å². The Morgan fingerprint density at radius 1 is 1.43 bits per heavy atom. The van der Waals surface area contributed by atoms with Crippen molar-refractivity contribution in [3.05, 3.63) is 29.2 Å². The van der Waals surface area contributed by atoms with E-state index in [2.05, 4.69) is 15.5 Å². The summed E-state index contributed by atoms with van der Waals surface area (Å²) >= 11 is 1.51. The first-order valence-electron chi connectivity index (χ1n) is 7.26. The van der Waals surface area contributed by atoms with E-state index in [9.17, 15) is 4.79 Å². The zero-order valence-corrected chi connectivity index (χ0v) is 12.3. The van der Waals surface area contributed by atoms with Crippen molar-refractivity contribution in [1.29, 1.82) is 0 Å². The molecule has 1 saturated heterocycles. The molecule has 1 atom stereocenters. The highest BCUT2D eigenvalue weighted by atomic mass is 32.1. The van der Waals surface area contributed by atoms with Crippen LogP contribution in [0.25, 0.3) is 0 Å². The van der Waals surface area contributed by atoms with Crippen molar-refractivity contribution in [2.24, 2.45) is 0 Å². The number of hydrogen-bond acceptors (Lipinski definition) is 5. The summed E-state index contributed by atoms with van der Waals surface area (Å²) in [5, 5.41) is 9.77. The van der Waals surface area contributed by atoms with E-state index < -0.39 is 0 Å². The summed E-state index contributed by atoms with van der Waals surface area (Å²) in [6, 6.07) is 3.63. The number of hydrogen-bond donors (Lipinski definition) is 1. The average Bonchev–Trinajstić information content (AvgIpc) is 2.94. The van der Waals surface area contributed by atoms with Crippen LogP contribution in [0.1, 0.15) is 49.4 Å². The number of carbonyl (C=O) groups is 1. The van der Waals surface area contributed by atoms with Gasteiger partial charge in [0.15, 0.2) is 5.82 Å². The molecule has 0 spiro atoms. The Hall–Kier alpha value is -1.89. The Morgan fingerprint density at radius 3 is 3.10 bits per heavy atom. The lowest BCUT2D eigenvalue weighted by atomic mass is 10.2. The van der Waals surface area contributed by atoms with E-state index in [1.54, 1.807) is 4.90 Å². The van der Waals surface area contributed by atoms with Crippen LogP contribution < -0.4 is 5.32 Å². The first-order valence-corrected chi connectivity index (χ1v) is 8.14. The van der Waals surface area contributed by atoms with E-state index in [0.29, 0.717) is 11.8 Å². The standard InChI is InChI=1S/C14H16N4O2S/c19-14(15-11-4-2-8-21-11)18-7-1-3-10(18)13-16-12(17-20-13)9-5-6-9/h2,4,8-10H,1,3,5-7H2,(H,15,19). The van der Waals surface area contributed by atoms with Crippen molar-refractivity contribution >= 4 is 22.4 Å². The molecule has 1 N–H and O–H groups in total. The normalized spacial score (nSPS) is 21.7. The lowest BCUT2D eigenvalue weighted by molar-refractivity contribution is 0.193. The molecule has 2 amide bonds. The Morgan fingerprint density at radius 2 is 2.33 bits per heavy atom. The van der Waals surface area contributed by atoms with Gasteiger partial charge in [-0.3, -0.25) is 5.32 Å². The number of carbonyl (C=O) groups excluding carboxylic acids is 1. The molecule has 0 aromatic carbocycles. The second-order valence-electron chi connectivity index (χ2n) is 5.52. The largest absolute Gasteiger partial charge is 0.337 e. The molecule has 4 rings (SSSR count). The van der Waals surface area contributed by atoms with Crippen LogP contribution in [0.4, 0.5) is 9.80 Å².